The topological polar surface area (TPSA) is 12.9 Å². The Labute approximate surface area is 162 Å². The fourth-order valence-corrected chi connectivity index (χ4v) is 1.07. The first-order valence-corrected chi connectivity index (χ1v) is 3.85. The summed E-state index contributed by atoms with van der Waals surface area (Å²) in [7, 11) is 0. The zero-order valence-corrected chi connectivity index (χ0v) is 17.0. The molecule has 1 aromatic heterocycles. The second-order valence-corrected chi connectivity index (χ2v) is 2.49. The Balaban J connectivity index is -0.000000422. The van der Waals surface area contributed by atoms with Crippen LogP contribution in [-0.2, 0) is 86.5 Å². The van der Waals surface area contributed by atoms with Crippen LogP contribution in [0.4, 0.5) is 0 Å². The zero-order valence-electron chi connectivity index (χ0n) is 9.04. The molecule has 0 spiro atoms. The molecule has 0 bridgehead atoms. The molecule has 0 aliphatic carbocycles. The molecule has 0 aliphatic rings. The summed E-state index contributed by atoms with van der Waals surface area (Å²) in [5, 5.41) is 0. The van der Waals surface area contributed by atoms with E-state index in [1.807, 2.05) is 42.5 Å². The van der Waals surface area contributed by atoms with E-state index in [1.54, 1.807) is 6.20 Å². The minimum atomic E-state index is 0. The van der Waals surface area contributed by atoms with E-state index in [-0.39, 0.29) is 93.9 Å². The van der Waals surface area contributed by atoms with Gasteiger partial charge in [0.05, 0.1) is 0 Å². The molecule has 0 amide bonds. The molecule has 0 aliphatic heterocycles. The summed E-state index contributed by atoms with van der Waals surface area (Å²) in [6.45, 7) is 0. The van der Waals surface area contributed by atoms with Crippen molar-refractivity contribution in [2.24, 2.45) is 0 Å². The first-order valence-electron chi connectivity index (χ1n) is 3.85. The van der Waals surface area contributed by atoms with Gasteiger partial charge in [0.25, 0.3) is 0 Å². The van der Waals surface area contributed by atoms with Crippen LogP contribution in [0.3, 0.4) is 0 Å². The molecule has 80 valence electrons. The largest absolute Gasteiger partial charge is 2.00 e. The van der Waals surface area contributed by atoms with E-state index in [2.05, 4.69) is 11.1 Å². The third-order valence-corrected chi connectivity index (χ3v) is 1.65. The van der Waals surface area contributed by atoms with E-state index in [1.165, 1.54) is 0 Å². The molecule has 2 radical (unpaired) electrons. The third-order valence-electron chi connectivity index (χ3n) is 1.65. The Morgan fingerprint density at radius 2 is 1.62 bits per heavy atom. The van der Waals surface area contributed by atoms with Gasteiger partial charge in [-0.2, -0.15) is 0 Å². The van der Waals surface area contributed by atoms with E-state index >= 15 is 0 Å². The van der Waals surface area contributed by atoms with Crippen molar-refractivity contribution in [1.29, 1.82) is 0 Å². The smallest absolute Gasteiger partial charge is 0.358 e. The van der Waals surface area contributed by atoms with Gasteiger partial charge in [0.1, 0.15) is 0 Å². The fourth-order valence-electron chi connectivity index (χ4n) is 1.07. The second-order valence-electron chi connectivity index (χ2n) is 2.49. The summed E-state index contributed by atoms with van der Waals surface area (Å²) >= 11 is 0. The molecule has 0 atom stereocenters. The minimum absolute atomic E-state index is 0. The molecule has 16 heavy (non-hydrogen) atoms. The predicted molar refractivity (Wildman–Crippen MR) is 54.9 cm³/mol. The number of benzene rings is 1. The van der Waals surface area contributed by atoms with Gasteiger partial charge in [-0.05, 0) is 11.8 Å². The number of hydrogen-bond acceptors (Lipinski definition) is 1. The molecular formula is C12H11NPtY2. The van der Waals surface area contributed by atoms with Crippen LogP contribution in [-0.4, -0.2) is 4.98 Å². The molecule has 1 aromatic carbocycles. The summed E-state index contributed by atoms with van der Waals surface area (Å²) < 4.78 is 0. The van der Waals surface area contributed by atoms with E-state index in [9.17, 15) is 0 Å². The van der Waals surface area contributed by atoms with Gasteiger partial charge >= 0.3 is 21.1 Å². The van der Waals surface area contributed by atoms with Crippen LogP contribution in [0.5, 0.6) is 0 Å². The SMILES string of the molecule is [CH3-].[Pt+2].[Y].[Y].[c-]1ccccc1-c1ccccn1. The fraction of sp³-hybridized carbons (Fsp3) is 0. The Morgan fingerprint density at radius 3 is 2.12 bits per heavy atom. The number of hydrogen-bond donors (Lipinski definition) is 0. The average Bonchev–Trinajstić information content (AvgIpc) is 2.21. The van der Waals surface area contributed by atoms with Crippen molar-refractivity contribution in [2.45, 2.75) is 0 Å². The van der Waals surface area contributed by atoms with Gasteiger partial charge in [-0.15, -0.1) is 35.9 Å². The third kappa shape index (κ3) is 6.87. The minimum Gasteiger partial charge on any atom is -0.358 e. The summed E-state index contributed by atoms with van der Waals surface area (Å²) in [6, 6.07) is 16.8. The van der Waals surface area contributed by atoms with Crippen molar-refractivity contribution in [3.05, 3.63) is 62.2 Å². The molecule has 2 aromatic rings. The van der Waals surface area contributed by atoms with E-state index < -0.39 is 0 Å². The first-order chi connectivity index (χ1) is 5.97. The van der Waals surface area contributed by atoms with Gasteiger partial charge in [-0.1, -0.05) is 12.1 Å². The van der Waals surface area contributed by atoms with E-state index in [4.69, 9.17) is 0 Å². The van der Waals surface area contributed by atoms with Crippen molar-refractivity contribution in [3.63, 3.8) is 0 Å². The summed E-state index contributed by atoms with van der Waals surface area (Å²) in [5.41, 5.74) is 2.01. The predicted octanol–water partition coefficient (Wildman–Crippen LogP) is 2.99. The molecule has 0 saturated carbocycles. The van der Waals surface area contributed by atoms with E-state index in [0.29, 0.717) is 0 Å². The molecule has 0 fully saturated rings. The molecule has 4 heteroatoms. The Hall–Kier alpha value is 1.27. The molecule has 0 saturated heterocycles. The Bertz CT molecular complexity index is 316. The molecule has 1 nitrogen and oxygen atoms in total. The van der Waals surface area contributed by atoms with Gasteiger partial charge in [0.15, 0.2) is 0 Å². The second kappa shape index (κ2) is 12.7. The van der Waals surface area contributed by atoms with E-state index in [0.717, 1.165) is 11.3 Å². The van der Waals surface area contributed by atoms with Gasteiger partial charge < -0.3 is 12.4 Å². The van der Waals surface area contributed by atoms with Gasteiger partial charge in [-0.3, -0.25) is 0 Å². The van der Waals surface area contributed by atoms with Crippen LogP contribution in [0.25, 0.3) is 11.3 Å². The monoisotopic (exact) mass is 542 g/mol. The standard InChI is InChI=1S/C11H8N.CH3.Pt.2Y/c1-2-6-10(7-3-1)11-8-4-5-9-12-11;;;;/h1-6,8-9H;1H3;;;/q2*-1;+2;;. The average molecular weight is 542 g/mol. The maximum Gasteiger partial charge on any atom is 2.00 e. The van der Waals surface area contributed by atoms with Crippen molar-refractivity contribution in [3.8, 4) is 11.3 Å². The van der Waals surface area contributed by atoms with Crippen molar-refractivity contribution < 1.29 is 86.5 Å². The van der Waals surface area contributed by atoms with Crippen LogP contribution in [0.15, 0.2) is 48.7 Å². The van der Waals surface area contributed by atoms with Gasteiger partial charge in [-0.25, -0.2) is 0 Å². The van der Waals surface area contributed by atoms with Gasteiger partial charge in [0, 0.05) is 71.6 Å². The number of rotatable bonds is 1. The first kappa shape index (κ1) is 22.4. The quantitative estimate of drug-likeness (QED) is 0.506. The summed E-state index contributed by atoms with van der Waals surface area (Å²) in [4.78, 5) is 4.22. The summed E-state index contributed by atoms with van der Waals surface area (Å²) in [6.07, 6.45) is 1.79. The molecule has 0 N–H and O–H groups in total. The molecular weight excluding hydrogens is 531 g/mol. The molecule has 1 heterocycles. The van der Waals surface area contributed by atoms with Crippen LogP contribution >= 0.6 is 0 Å². The number of aromatic nitrogens is 1. The number of nitrogens with zero attached hydrogens (tertiary/aromatic N) is 1. The zero-order chi connectivity index (χ0) is 8.23. The van der Waals surface area contributed by atoms with Crippen LogP contribution < -0.4 is 0 Å². The Morgan fingerprint density at radius 1 is 0.938 bits per heavy atom. The number of pyridine rings is 1. The molecule has 2 rings (SSSR count). The summed E-state index contributed by atoms with van der Waals surface area (Å²) in [5.74, 6) is 0. The van der Waals surface area contributed by atoms with Crippen molar-refractivity contribution >= 4 is 0 Å². The maximum atomic E-state index is 4.22. The Kier molecular flexibility index (Phi) is 17.8. The van der Waals surface area contributed by atoms with Crippen molar-refractivity contribution in [1.82, 2.24) is 4.98 Å². The van der Waals surface area contributed by atoms with Crippen LogP contribution in [0.2, 0.25) is 0 Å². The van der Waals surface area contributed by atoms with Crippen LogP contribution in [0, 0.1) is 13.5 Å². The normalized spacial score (nSPS) is 7.25. The maximum absolute atomic E-state index is 4.22. The molecule has 0 unspecified atom stereocenters. The van der Waals surface area contributed by atoms with Gasteiger partial charge in [0.2, 0.25) is 0 Å². The van der Waals surface area contributed by atoms with Crippen LogP contribution in [0.1, 0.15) is 0 Å². The van der Waals surface area contributed by atoms with Crippen molar-refractivity contribution in [2.75, 3.05) is 0 Å².